The molecule has 2 aromatic carbocycles. The van der Waals surface area contributed by atoms with Crippen LogP contribution >= 0.6 is 11.6 Å². The van der Waals surface area contributed by atoms with Gasteiger partial charge in [0.25, 0.3) is 0 Å². The maximum Gasteiger partial charge on any atom is 0.232 e. The maximum absolute atomic E-state index is 12.5. The highest BCUT2D eigenvalue weighted by Crippen LogP contribution is 2.22. The predicted molar refractivity (Wildman–Crippen MR) is 113 cm³/mol. The summed E-state index contributed by atoms with van der Waals surface area (Å²) >= 11 is 6.07. The van der Waals surface area contributed by atoms with Gasteiger partial charge >= 0.3 is 0 Å². The van der Waals surface area contributed by atoms with Crippen LogP contribution in [0.2, 0.25) is 5.02 Å². The molecule has 0 aliphatic carbocycles. The van der Waals surface area contributed by atoms with Crippen LogP contribution in [0.5, 0.6) is 0 Å². The molecule has 0 unspecified atom stereocenters. The zero-order valence-electron chi connectivity index (χ0n) is 15.8. The number of aromatic nitrogens is 1. The van der Waals surface area contributed by atoms with Gasteiger partial charge in [-0.15, -0.1) is 0 Å². The summed E-state index contributed by atoms with van der Waals surface area (Å²) in [5.41, 5.74) is 4.84. The number of hydrogen-bond acceptors (Lipinski definition) is 3. The van der Waals surface area contributed by atoms with Gasteiger partial charge in [-0.2, -0.15) is 0 Å². The van der Waals surface area contributed by atoms with E-state index in [2.05, 4.69) is 17.2 Å². The van der Waals surface area contributed by atoms with Crippen LogP contribution in [0.15, 0.2) is 60.8 Å². The molecule has 5 heteroatoms. The van der Waals surface area contributed by atoms with Crippen LogP contribution in [0.25, 0.3) is 11.1 Å². The van der Waals surface area contributed by atoms with Crippen molar-refractivity contribution in [3.63, 3.8) is 0 Å². The number of amides is 1. The third kappa shape index (κ3) is 4.84. The molecule has 1 aromatic heterocycles. The first-order chi connectivity index (χ1) is 13.5. The van der Waals surface area contributed by atoms with Gasteiger partial charge in [0.1, 0.15) is 0 Å². The van der Waals surface area contributed by atoms with Gasteiger partial charge in [-0.3, -0.25) is 14.6 Å². The highest BCUT2D eigenvalue weighted by Gasteiger charge is 2.13. The molecular weight excluding hydrogens is 372 g/mol. The van der Waals surface area contributed by atoms with E-state index in [-0.39, 0.29) is 18.1 Å². The second kappa shape index (κ2) is 8.81. The predicted octanol–water partition coefficient (Wildman–Crippen LogP) is 5.48. The molecule has 1 amide bonds. The van der Waals surface area contributed by atoms with Crippen molar-refractivity contribution in [3.8, 4) is 11.1 Å². The van der Waals surface area contributed by atoms with Crippen LogP contribution < -0.4 is 5.32 Å². The summed E-state index contributed by atoms with van der Waals surface area (Å²) in [4.78, 5) is 29.2. The molecule has 142 valence electrons. The first-order valence-electron chi connectivity index (χ1n) is 9.11. The van der Waals surface area contributed by atoms with Crippen molar-refractivity contribution in [1.29, 1.82) is 0 Å². The van der Waals surface area contributed by atoms with Crippen LogP contribution in [0.4, 0.5) is 5.69 Å². The van der Waals surface area contributed by atoms with E-state index in [1.165, 1.54) is 0 Å². The number of hydrogen-bond donors (Lipinski definition) is 1. The van der Waals surface area contributed by atoms with Crippen molar-refractivity contribution < 1.29 is 9.59 Å². The number of halogens is 1. The van der Waals surface area contributed by atoms with E-state index in [0.29, 0.717) is 16.3 Å². The second-order valence-electron chi connectivity index (χ2n) is 6.58. The van der Waals surface area contributed by atoms with E-state index < -0.39 is 0 Å². The molecule has 3 aromatic rings. The third-order valence-corrected chi connectivity index (χ3v) is 4.89. The van der Waals surface area contributed by atoms with Gasteiger partial charge < -0.3 is 5.32 Å². The lowest BCUT2D eigenvalue weighted by molar-refractivity contribution is -0.115. The second-order valence-corrected chi connectivity index (χ2v) is 6.99. The molecule has 28 heavy (non-hydrogen) atoms. The lowest BCUT2D eigenvalue weighted by Gasteiger charge is -2.08. The fourth-order valence-electron chi connectivity index (χ4n) is 2.80. The van der Waals surface area contributed by atoms with E-state index >= 15 is 0 Å². The Morgan fingerprint density at radius 3 is 2.54 bits per heavy atom. The van der Waals surface area contributed by atoms with Gasteiger partial charge in [0.15, 0.2) is 5.78 Å². The van der Waals surface area contributed by atoms with Gasteiger partial charge in [0, 0.05) is 33.7 Å². The Morgan fingerprint density at radius 2 is 1.86 bits per heavy atom. The minimum absolute atomic E-state index is 0.234. The van der Waals surface area contributed by atoms with Crippen LogP contribution in [0.1, 0.15) is 35.0 Å². The topological polar surface area (TPSA) is 59.1 Å². The molecule has 0 saturated heterocycles. The maximum atomic E-state index is 12.5. The van der Waals surface area contributed by atoms with E-state index in [1.807, 2.05) is 37.3 Å². The van der Waals surface area contributed by atoms with Crippen LogP contribution in [0.3, 0.4) is 0 Å². The van der Waals surface area contributed by atoms with Crippen molar-refractivity contribution in [2.75, 3.05) is 5.32 Å². The molecule has 0 bridgehead atoms. The zero-order chi connectivity index (χ0) is 20.1. The van der Waals surface area contributed by atoms with Crippen LogP contribution in [0, 0.1) is 6.92 Å². The SMILES string of the molecule is CCc1ccc(-c2cccc(C(=O)CC(=O)Nc3ccc(C)c(Cl)c3)c2)cn1. The van der Waals surface area contributed by atoms with Crippen LogP contribution in [-0.4, -0.2) is 16.7 Å². The van der Waals surface area contributed by atoms with Crippen molar-refractivity contribution in [1.82, 2.24) is 4.98 Å². The zero-order valence-corrected chi connectivity index (χ0v) is 16.6. The molecule has 4 nitrogen and oxygen atoms in total. The molecule has 0 atom stereocenters. The molecule has 1 heterocycles. The molecule has 0 saturated carbocycles. The van der Waals surface area contributed by atoms with Crippen molar-refractivity contribution >= 4 is 29.0 Å². The standard InChI is InChI=1S/C23H21ClN2O2/c1-3-19-10-8-18(14-25-19)16-5-4-6-17(11-16)22(27)13-23(28)26-20-9-7-15(2)21(24)12-20/h4-12,14H,3,13H2,1-2H3,(H,26,28). The first kappa shape index (κ1) is 19.8. The Morgan fingerprint density at radius 1 is 1.04 bits per heavy atom. The number of pyridine rings is 1. The van der Waals surface area contributed by atoms with Crippen molar-refractivity contribution in [2.24, 2.45) is 0 Å². The van der Waals surface area contributed by atoms with Gasteiger partial charge in [-0.25, -0.2) is 0 Å². The summed E-state index contributed by atoms with van der Waals surface area (Å²) in [6.07, 6.45) is 2.44. The summed E-state index contributed by atoms with van der Waals surface area (Å²) in [5.74, 6) is -0.611. The molecule has 0 aliphatic rings. The van der Waals surface area contributed by atoms with E-state index in [1.54, 1.807) is 30.5 Å². The average Bonchev–Trinajstić information content (AvgIpc) is 2.71. The number of aryl methyl sites for hydroxylation is 2. The summed E-state index contributed by atoms with van der Waals surface area (Å²) in [7, 11) is 0. The number of anilines is 1. The lowest BCUT2D eigenvalue weighted by atomic mass is 10.0. The number of rotatable bonds is 6. The highest BCUT2D eigenvalue weighted by molar-refractivity contribution is 6.31. The highest BCUT2D eigenvalue weighted by atomic mass is 35.5. The number of carbonyl (C=O) groups is 2. The summed E-state index contributed by atoms with van der Waals surface area (Å²) < 4.78 is 0. The molecule has 3 rings (SSSR count). The fourth-order valence-corrected chi connectivity index (χ4v) is 2.98. The summed E-state index contributed by atoms with van der Waals surface area (Å²) in [6.45, 7) is 3.94. The van der Waals surface area contributed by atoms with E-state index in [4.69, 9.17) is 11.6 Å². The molecule has 1 N–H and O–H groups in total. The van der Waals surface area contributed by atoms with E-state index in [0.717, 1.165) is 28.8 Å². The first-order valence-corrected chi connectivity index (χ1v) is 9.48. The smallest absolute Gasteiger partial charge is 0.232 e. The van der Waals surface area contributed by atoms with Crippen molar-refractivity contribution in [3.05, 3.63) is 82.6 Å². The minimum Gasteiger partial charge on any atom is -0.326 e. The van der Waals surface area contributed by atoms with Gasteiger partial charge in [0.05, 0.1) is 6.42 Å². The van der Waals surface area contributed by atoms with Gasteiger partial charge in [0.2, 0.25) is 5.91 Å². The normalized spacial score (nSPS) is 10.5. The quantitative estimate of drug-likeness (QED) is 0.446. The number of benzene rings is 2. The Hall–Kier alpha value is -2.98. The van der Waals surface area contributed by atoms with Gasteiger partial charge in [-0.05, 0) is 48.7 Å². The number of nitrogens with zero attached hydrogens (tertiary/aromatic N) is 1. The minimum atomic E-state index is -0.371. The molecule has 0 spiro atoms. The largest absolute Gasteiger partial charge is 0.326 e. The Labute approximate surface area is 169 Å². The Kier molecular flexibility index (Phi) is 6.22. The van der Waals surface area contributed by atoms with Crippen molar-refractivity contribution in [2.45, 2.75) is 26.7 Å². The molecule has 0 aliphatic heterocycles. The number of ketones is 1. The third-order valence-electron chi connectivity index (χ3n) is 4.48. The van der Waals surface area contributed by atoms with Crippen LogP contribution in [-0.2, 0) is 11.2 Å². The molecule has 0 fully saturated rings. The summed E-state index contributed by atoms with van der Waals surface area (Å²) in [5, 5.41) is 3.28. The monoisotopic (exact) mass is 392 g/mol. The fraction of sp³-hybridized carbons (Fsp3) is 0.174. The Bertz CT molecular complexity index is 1010. The van der Waals surface area contributed by atoms with E-state index in [9.17, 15) is 9.59 Å². The molecule has 0 radical (unpaired) electrons. The number of carbonyl (C=O) groups excluding carboxylic acids is 2. The Balaban J connectivity index is 1.69. The molecular formula is C23H21ClN2O2. The lowest BCUT2D eigenvalue weighted by Crippen LogP contribution is -2.16. The summed E-state index contributed by atoms with van der Waals surface area (Å²) in [6, 6.07) is 16.5. The number of nitrogens with one attached hydrogen (secondary N) is 1. The average molecular weight is 393 g/mol. The van der Waals surface area contributed by atoms with Gasteiger partial charge in [-0.1, -0.05) is 48.9 Å². The number of Topliss-reactive ketones (excluding diaryl/α,β-unsaturated/α-hetero) is 1.